The van der Waals surface area contributed by atoms with Gasteiger partial charge in [-0.1, -0.05) is 0 Å². The second-order valence-electron chi connectivity index (χ2n) is 4.27. The molecule has 0 aliphatic heterocycles. The Hall–Kier alpha value is -2.55. The zero-order chi connectivity index (χ0) is 15.1. The number of aryl methyl sites for hydroxylation is 1. The third kappa shape index (κ3) is 3.72. The van der Waals surface area contributed by atoms with Crippen molar-refractivity contribution in [3.8, 4) is 6.07 Å². The predicted molar refractivity (Wildman–Crippen MR) is 83.3 cm³/mol. The van der Waals surface area contributed by atoms with Crippen LogP contribution in [-0.4, -0.2) is 24.6 Å². The van der Waals surface area contributed by atoms with Gasteiger partial charge in [0.15, 0.2) is 5.84 Å². The molecule has 0 aliphatic rings. The van der Waals surface area contributed by atoms with Crippen molar-refractivity contribution in [1.29, 1.82) is 10.7 Å². The van der Waals surface area contributed by atoms with Crippen LogP contribution in [0.1, 0.15) is 19.4 Å². The zero-order valence-electron chi connectivity index (χ0n) is 12.1. The van der Waals surface area contributed by atoms with Gasteiger partial charge in [-0.2, -0.15) is 10.4 Å². The molecule has 0 amide bonds. The van der Waals surface area contributed by atoms with Crippen LogP contribution < -0.4 is 16.1 Å². The summed E-state index contributed by atoms with van der Waals surface area (Å²) in [5.74, 6) is -0.350. The maximum absolute atomic E-state index is 8.78. The number of hydrazone groups is 1. The Morgan fingerprint density at radius 1 is 1.45 bits per heavy atom. The molecular formula is C14H20N6. The smallest absolute Gasteiger partial charge is 0.201 e. The number of nitrogens with two attached hydrogens (primary N) is 1. The van der Waals surface area contributed by atoms with Crippen LogP contribution in [0.25, 0.3) is 0 Å². The molecule has 0 spiro atoms. The number of amidine groups is 1. The first-order chi connectivity index (χ1) is 9.53. The minimum Gasteiger partial charge on any atom is -0.382 e. The van der Waals surface area contributed by atoms with Gasteiger partial charge in [-0.25, -0.2) is 0 Å². The van der Waals surface area contributed by atoms with Gasteiger partial charge in [-0.15, -0.1) is 0 Å². The minimum absolute atomic E-state index is 0.128. The molecule has 0 radical (unpaired) electrons. The fraction of sp³-hybridized carbons (Fsp3) is 0.357. The van der Waals surface area contributed by atoms with E-state index in [-0.39, 0.29) is 11.5 Å². The maximum Gasteiger partial charge on any atom is 0.201 e. The standard InChI is InChI=1S/C14H20N6/c1-4-20(5-2)11-6-7-12(10(3)8-11)18-19-13(9-15)14(16)17/h6-8,18H,4-5H2,1-3H3,(H3,16,17)/b19-13+. The largest absolute Gasteiger partial charge is 0.382 e. The Labute approximate surface area is 119 Å². The summed E-state index contributed by atoms with van der Waals surface area (Å²) < 4.78 is 0. The maximum atomic E-state index is 8.78. The molecule has 0 bridgehead atoms. The Kier molecular flexibility index (Phi) is 5.54. The molecule has 106 valence electrons. The van der Waals surface area contributed by atoms with Gasteiger partial charge < -0.3 is 10.6 Å². The monoisotopic (exact) mass is 272 g/mol. The quantitative estimate of drug-likeness (QED) is 0.419. The number of hydrogen-bond acceptors (Lipinski definition) is 5. The number of nitrogens with zero attached hydrogens (tertiary/aromatic N) is 3. The van der Waals surface area contributed by atoms with Gasteiger partial charge in [0.2, 0.25) is 5.71 Å². The molecule has 6 heteroatoms. The molecule has 0 saturated carbocycles. The van der Waals surface area contributed by atoms with Gasteiger partial charge in [-0.05, 0) is 44.5 Å². The van der Waals surface area contributed by atoms with Crippen molar-refractivity contribution in [2.75, 3.05) is 23.4 Å². The van der Waals surface area contributed by atoms with Crippen molar-refractivity contribution < 1.29 is 0 Å². The van der Waals surface area contributed by atoms with Gasteiger partial charge in [0.05, 0.1) is 5.69 Å². The lowest BCUT2D eigenvalue weighted by atomic mass is 10.1. The molecule has 0 atom stereocenters. The first-order valence-corrected chi connectivity index (χ1v) is 6.47. The summed E-state index contributed by atoms with van der Waals surface area (Å²) in [5.41, 5.74) is 10.8. The second-order valence-corrected chi connectivity index (χ2v) is 4.27. The zero-order valence-corrected chi connectivity index (χ0v) is 12.1. The molecule has 4 N–H and O–H groups in total. The number of benzene rings is 1. The summed E-state index contributed by atoms with van der Waals surface area (Å²) in [4.78, 5) is 2.25. The highest BCUT2D eigenvalue weighted by Crippen LogP contribution is 2.22. The molecule has 0 aliphatic carbocycles. The van der Waals surface area contributed by atoms with Crippen LogP contribution in [0.4, 0.5) is 11.4 Å². The molecule has 1 aromatic rings. The number of nitriles is 1. The summed E-state index contributed by atoms with van der Waals surface area (Å²) in [6.45, 7) is 8.08. The topological polar surface area (TPSA) is 101 Å². The van der Waals surface area contributed by atoms with Gasteiger partial charge in [0.1, 0.15) is 6.07 Å². The molecule has 1 aromatic carbocycles. The molecule has 0 saturated heterocycles. The Bertz CT molecular complexity index is 551. The number of nitrogens with one attached hydrogen (secondary N) is 2. The molecule has 0 fully saturated rings. The first-order valence-electron chi connectivity index (χ1n) is 6.47. The SMILES string of the molecule is CCN(CC)c1ccc(N/N=C(\C#N)C(=N)N)c(C)c1. The Morgan fingerprint density at radius 3 is 2.55 bits per heavy atom. The van der Waals surface area contributed by atoms with E-state index < -0.39 is 0 Å². The highest BCUT2D eigenvalue weighted by atomic mass is 15.3. The van der Waals surface area contributed by atoms with E-state index in [1.54, 1.807) is 6.07 Å². The van der Waals surface area contributed by atoms with Crippen LogP contribution in [0, 0.1) is 23.7 Å². The van der Waals surface area contributed by atoms with E-state index in [1.165, 1.54) is 0 Å². The van der Waals surface area contributed by atoms with E-state index in [0.29, 0.717) is 0 Å². The lowest BCUT2D eigenvalue weighted by molar-refractivity contribution is 0.865. The van der Waals surface area contributed by atoms with E-state index in [1.807, 2.05) is 19.1 Å². The van der Waals surface area contributed by atoms with Crippen molar-refractivity contribution in [3.05, 3.63) is 23.8 Å². The normalized spacial score (nSPS) is 10.8. The third-order valence-corrected chi connectivity index (χ3v) is 2.99. The van der Waals surface area contributed by atoms with Crippen LogP contribution in [0.2, 0.25) is 0 Å². The van der Waals surface area contributed by atoms with Gasteiger partial charge in [0.25, 0.3) is 0 Å². The minimum atomic E-state index is -0.350. The van der Waals surface area contributed by atoms with Crippen molar-refractivity contribution in [2.24, 2.45) is 10.8 Å². The van der Waals surface area contributed by atoms with Crippen molar-refractivity contribution in [2.45, 2.75) is 20.8 Å². The highest BCUT2D eigenvalue weighted by molar-refractivity contribution is 6.45. The first kappa shape index (κ1) is 15.5. The molecule has 20 heavy (non-hydrogen) atoms. The third-order valence-electron chi connectivity index (χ3n) is 2.99. The molecule has 0 unspecified atom stereocenters. The number of hydrogen-bond donors (Lipinski definition) is 3. The van der Waals surface area contributed by atoms with E-state index in [4.69, 9.17) is 16.4 Å². The van der Waals surface area contributed by atoms with Crippen LogP contribution in [0.15, 0.2) is 23.3 Å². The van der Waals surface area contributed by atoms with Gasteiger partial charge in [0, 0.05) is 18.8 Å². The molecule has 6 nitrogen and oxygen atoms in total. The second kappa shape index (κ2) is 7.14. The summed E-state index contributed by atoms with van der Waals surface area (Å²) in [6, 6.07) is 7.73. The van der Waals surface area contributed by atoms with Crippen LogP contribution >= 0.6 is 0 Å². The highest BCUT2D eigenvalue weighted by Gasteiger charge is 2.05. The van der Waals surface area contributed by atoms with Crippen molar-refractivity contribution in [3.63, 3.8) is 0 Å². The van der Waals surface area contributed by atoms with E-state index >= 15 is 0 Å². The van der Waals surface area contributed by atoms with Crippen molar-refractivity contribution >= 4 is 22.9 Å². The van der Waals surface area contributed by atoms with Crippen molar-refractivity contribution in [1.82, 2.24) is 0 Å². The molecule has 0 heterocycles. The summed E-state index contributed by atoms with van der Waals surface area (Å²) in [6.07, 6.45) is 0. The van der Waals surface area contributed by atoms with Crippen LogP contribution in [0.3, 0.4) is 0 Å². The van der Waals surface area contributed by atoms with Gasteiger partial charge >= 0.3 is 0 Å². The Morgan fingerprint density at radius 2 is 2.10 bits per heavy atom. The van der Waals surface area contributed by atoms with Crippen LogP contribution in [0.5, 0.6) is 0 Å². The lowest BCUT2D eigenvalue weighted by Gasteiger charge is -2.22. The fourth-order valence-corrected chi connectivity index (χ4v) is 1.82. The average molecular weight is 272 g/mol. The van der Waals surface area contributed by atoms with E-state index in [9.17, 15) is 0 Å². The summed E-state index contributed by atoms with van der Waals surface area (Å²) >= 11 is 0. The molecule has 1 rings (SSSR count). The lowest BCUT2D eigenvalue weighted by Crippen LogP contribution is -2.22. The molecule has 0 aromatic heterocycles. The van der Waals surface area contributed by atoms with Gasteiger partial charge in [-0.3, -0.25) is 10.8 Å². The Balaban J connectivity index is 2.95. The summed E-state index contributed by atoms with van der Waals surface area (Å²) in [7, 11) is 0. The molecular weight excluding hydrogens is 252 g/mol. The number of rotatable bonds is 6. The predicted octanol–water partition coefficient (Wildman–Crippen LogP) is 2.07. The van der Waals surface area contributed by atoms with E-state index in [2.05, 4.69) is 35.3 Å². The summed E-state index contributed by atoms with van der Waals surface area (Å²) in [5, 5.41) is 19.8. The fourth-order valence-electron chi connectivity index (χ4n) is 1.82. The average Bonchev–Trinajstić information content (AvgIpc) is 2.42. The van der Waals surface area contributed by atoms with Crippen LogP contribution in [-0.2, 0) is 0 Å². The van der Waals surface area contributed by atoms with E-state index in [0.717, 1.165) is 30.0 Å². The number of anilines is 2.